The quantitative estimate of drug-likeness (QED) is 0.842. The number of carboxylic acid groups (broad SMARTS) is 1. The number of carboxylic acids is 1. The summed E-state index contributed by atoms with van der Waals surface area (Å²) < 4.78 is 1.77. The fourth-order valence-electron chi connectivity index (χ4n) is 1.99. The van der Waals surface area contributed by atoms with Gasteiger partial charge in [0.2, 0.25) is 0 Å². The molecule has 104 valence electrons. The lowest BCUT2D eigenvalue weighted by molar-refractivity contribution is -0.137. The van der Waals surface area contributed by atoms with Crippen molar-refractivity contribution in [3.05, 3.63) is 17.5 Å². The van der Waals surface area contributed by atoms with Crippen LogP contribution in [0, 0.1) is 0 Å². The molecule has 0 spiro atoms. The predicted molar refractivity (Wildman–Crippen MR) is 69.1 cm³/mol. The third-order valence-corrected chi connectivity index (χ3v) is 3.32. The van der Waals surface area contributed by atoms with Crippen molar-refractivity contribution >= 4 is 11.9 Å². The number of rotatable bonds is 6. The molecule has 1 aliphatic rings. The zero-order chi connectivity index (χ0) is 14.0. The molecule has 0 atom stereocenters. The van der Waals surface area contributed by atoms with Gasteiger partial charge in [0, 0.05) is 32.3 Å². The van der Waals surface area contributed by atoms with Crippen LogP contribution in [0.3, 0.4) is 0 Å². The van der Waals surface area contributed by atoms with Crippen LogP contribution < -0.4 is 0 Å². The van der Waals surface area contributed by atoms with Gasteiger partial charge in [0.15, 0.2) is 0 Å². The topological polar surface area (TPSA) is 75.4 Å². The van der Waals surface area contributed by atoms with E-state index in [0.717, 1.165) is 25.1 Å². The van der Waals surface area contributed by atoms with E-state index in [1.165, 1.54) is 4.90 Å². The number of carbonyl (C=O) groups excluding carboxylic acids is 1. The van der Waals surface area contributed by atoms with E-state index >= 15 is 0 Å². The SMILES string of the molecule is CCn1cc(C(=O)N(C)CCC(=O)O)c(C2CC2)n1. The number of hydrogen-bond donors (Lipinski definition) is 1. The Morgan fingerprint density at radius 1 is 1.53 bits per heavy atom. The summed E-state index contributed by atoms with van der Waals surface area (Å²) in [6.45, 7) is 2.92. The van der Waals surface area contributed by atoms with Gasteiger partial charge >= 0.3 is 5.97 Å². The summed E-state index contributed by atoms with van der Waals surface area (Å²) >= 11 is 0. The van der Waals surface area contributed by atoms with Crippen LogP contribution >= 0.6 is 0 Å². The molecule has 0 bridgehead atoms. The third kappa shape index (κ3) is 3.13. The molecule has 0 aliphatic heterocycles. The molecule has 1 N–H and O–H groups in total. The zero-order valence-corrected chi connectivity index (χ0v) is 11.3. The molecule has 19 heavy (non-hydrogen) atoms. The van der Waals surface area contributed by atoms with E-state index in [2.05, 4.69) is 5.10 Å². The third-order valence-electron chi connectivity index (χ3n) is 3.32. The van der Waals surface area contributed by atoms with Crippen molar-refractivity contribution in [1.29, 1.82) is 0 Å². The lowest BCUT2D eigenvalue weighted by Crippen LogP contribution is -2.29. The predicted octanol–water partition coefficient (Wildman–Crippen LogP) is 1.33. The second-order valence-corrected chi connectivity index (χ2v) is 4.93. The summed E-state index contributed by atoms with van der Waals surface area (Å²) in [7, 11) is 1.63. The maximum absolute atomic E-state index is 12.3. The smallest absolute Gasteiger partial charge is 0.305 e. The van der Waals surface area contributed by atoms with Gasteiger partial charge in [-0.3, -0.25) is 14.3 Å². The lowest BCUT2D eigenvalue weighted by atomic mass is 10.1. The number of carbonyl (C=O) groups is 2. The van der Waals surface area contributed by atoms with Crippen LogP contribution in [0.1, 0.15) is 48.2 Å². The highest BCUT2D eigenvalue weighted by Gasteiger charge is 2.32. The van der Waals surface area contributed by atoms with E-state index in [4.69, 9.17) is 5.11 Å². The number of aromatic nitrogens is 2. The van der Waals surface area contributed by atoms with E-state index in [9.17, 15) is 9.59 Å². The van der Waals surface area contributed by atoms with Gasteiger partial charge in [0.1, 0.15) is 0 Å². The van der Waals surface area contributed by atoms with E-state index in [0.29, 0.717) is 11.5 Å². The number of aliphatic carboxylic acids is 1. The van der Waals surface area contributed by atoms with Crippen molar-refractivity contribution in [1.82, 2.24) is 14.7 Å². The molecule has 1 fully saturated rings. The molecular weight excluding hydrogens is 246 g/mol. The standard InChI is InChI=1S/C13H19N3O3/c1-3-16-8-10(12(14-16)9-4-5-9)13(19)15(2)7-6-11(17)18/h8-9H,3-7H2,1-2H3,(H,17,18). The maximum Gasteiger partial charge on any atom is 0.305 e. The lowest BCUT2D eigenvalue weighted by Gasteiger charge is -2.15. The molecule has 1 amide bonds. The van der Waals surface area contributed by atoms with Crippen molar-refractivity contribution < 1.29 is 14.7 Å². The van der Waals surface area contributed by atoms with Crippen molar-refractivity contribution in [2.75, 3.05) is 13.6 Å². The molecule has 0 saturated heterocycles. The summed E-state index contributed by atoms with van der Waals surface area (Å²) in [5.41, 5.74) is 1.49. The van der Waals surface area contributed by atoms with Gasteiger partial charge < -0.3 is 10.0 Å². The summed E-state index contributed by atoms with van der Waals surface area (Å²) in [5.74, 6) is -0.631. The Labute approximate surface area is 112 Å². The van der Waals surface area contributed by atoms with Crippen molar-refractivity contribution in [3.63, 3.8) is 0 Å². The summed E-state index contributed by atoms with van der Waals surface area (Å²) in [6, 6.07) is 0. The number of nitrogens with zero attached hydrogens (tertiary/aromatic N) is 3. The average Bonchev–Trinajstić information content (AvgIpc) is 3.14. The van der Waals surface area contributed by atoms with Gasteiger partial charge in [-0.1, -0.05) is 0 Å². The van der Waals surface area contributed by atoms with Crippen LogP contribution in [0.4, 0.5) is 0 Å². The Morgan fingerprint density at radius 3 is 2.74 bits per heavy atom. The van der Waals surface area contributed by atoms with Gasteiger partial charge in [-0.2, -0.15) is 5.10 Å². The maximum atomic E-state index is 12.3. The minimum Gasteiger partial charge on any atom is -0.481 e. The Kier molecular flexibility index (Phi) is 3.87. The van der Waals surface area contributed by atoms with E-state index in [-0.39, 0.29) is 18.9 Å². The normalized spacial score (nSPS) is 14.4. The summed E-state index contributed by atoms with van der Waals surface area (Å²) in [6.07, 6.45) is 3.90. The van der Waals surface area contributed by atoms with Crippen LogP contribution in [0.15, 0.2) is 6.20 Å². The van der Waals surface area contributed by atoms with Crippen LogP contribution in [-0.2, 0) is 11.3 Å². The Bertz CT molecular complexity index is 491. The monoisotopic (exact) mass is 265 g/mol. The highest BCUT2D eigenvalue weighted by Crippen LogP contribution is 2.40. The first kappa shape index (κ1) is 13.6. The molecule has 2 rings (SSSR count). The second kappa shape index (κ2) is 5.42. The van der Waals surface area contributed by atoms with E-state index < -0.39 is 5.97 Å². The fourth-order valence-corrected chi connectivity index (χ4v) is 1.99. The van der Waals surface area contributed by atoms with Crippen molar-refractivity contribution in [2.24, 2.45) is 0 Å². The van der Waals surface area contributed by atoms with Crippen LogP contribution in [0.2, 0.25) is 0 Å². The molecule has 1 saturated carbocycles. The molecule has 1 aromatic rings. The number of aryl methyl sites for hydroxylation is 1. The van der Waals surface area contributed by atoms with Gasteiger partial charge in [0.05, 0.1) is 17.7 Å². The van der Waals surface area contributed by atoms with Gasteiger partial charge in [-0.25, -0.2) is 0 Å². The minimum absolute atomic E-state index is 0.0388. The van der Waals surface area contributed by atoms with Gasteiger partial charge in [-0.15, -0.1) is 0 Å². The first-order valence-electron chi connectivity index (χ1n) is 6.57. The Hall–Kier alpha value is -1.85. The molecule has 0 unspecified atom stereocenters. The van der Waals surface area contributed by atoms with E-state index in [1.54, 1.807) is 17.9 Å². The van der Waals surface area contributed by atoms with Crippen molar-refractivity contribution in [3.8, 4) is 0 Å². The highest BCUT2D eigenvalue weighted by atomic mass is 16.4. The van der Waals surface area contributed by atoms with Crippen LogP contribution in [0.5, 0.6) is 0 Å². The fraction of sp³-hybridized carbons (Fsp3) is 0.615. The molecule has 0 radical (unpaired) electrons. The molecule has 1 aliphatic carbocycles. The van der Waals surface area contributed by atoms with E-state index in [1.807, 2.05) is 6.92 Å². The first-order valence-corrected chi connectivity index (χ1v) is 6.57. The molecular formula is C13H19N3O3. The van der Waals surface area contributed by atoms with Gasteiger partial charge in [0.25, 0.3) is 5.91 Å². The molecule has 6 nitrogen and oxygen atoms in total. The van der Waals surface area contributed by atoms with Crippen LogP contribution in [0.25, 0.3) is 0 Å². The first-order chi connectivity index (χ1) is 9.02. The molecule has 6 heteroatoms. The number of hydrogen-bond acceptors (Lipinski definition) is 3. The average molecular weight is 265 g/mol. The second-order valence-electron chi connectivity index (χ2n) is 4.93. The van der Waals surface area contributed by atoms with Crippen LogP contribution in [-0.4, -0.2) is 45.3 Å². The highest BCUT2D eigenvalue weighted by molar-refractivity contribution is 5.95. The molecule has 1 heterocycles. The molecule has 0 aromatic carbocycles. The summed E-state index contributed by atoms with van der Waals surface area (Å²) in [4.78, 5) is 24.3. The van der Waals surface area contributed by atoms with Crippen molar-refractivity contribution in [2.45, 2.75) is 38.6 Å². The minimum atomic E-state index is -0.897. The summed E-state index contributed by atoms with van der Waals surface area (Å²) in [5, 5.41) is 13.1. The Morgan fingerprint density at radius 2 is 2.21 bits per heavy atom. The van der Waals surface area contributed by atoms with Gasteiger partial charge in [-0.05, 0) is 19.8 Å². The largest absolute Gasteiger partial charge is 0.481 e. The Balaban J connectivity index is 2.13. The number of amides is 1. The molecule has 1 aromatic heterocycles. The zero-order valence-electron chi connectivity index (χ0n) is 11.3.